The topological polar surface area (TPSA) is 119 Å². The van der Waals surface area contributed by atoms with Crippen LogP contribution in [0.25, 0.3) is 0 Å². The summed E-state index contributed by atoms with van der Waals surface area (Å²) in [6.45, 7) is 11.3. The molecule has 0 atom stereocenters. The number of hydrogen-bond donors (Lipinski definition) is 0. The second-order valence-electron chi connectivity index (χ2n) is 11.1. The number of hydrogen-bond acceptors (Lipinski definition) is 12. The Morgan fingerprint density at radius 2 is 0.760 bits per heavy atom. The summed E-state index contributed by atoms with van der Waals surface area (Å²) in [5.74, 6) is 0.881. The molecule has 12 nitrogen and oxygen atoms in total. The zero-order chi connectivity index (χ0) is 36.1. The van der Waals surface area contributed by atoms with Crippen molar-refractivity contribution in [2.24, 2.45) is 0 Å². The smallest absolute Gasteiger partial charge is 0.380 e. The molecule has 0 heterocycles. The third kappa shape index (κ3) is 35.8. The molecule has 1 rings (SSSR count). The number of aryl methyl sites for hydroxylation is 1. The molecular formula is C35H63Cl2O12P. The molecule has 294 valence electrons. The SMILES string of the molecule is CCCCCCCCCc1ccc(OCCOCCOCCOCCOCCOCCOCCOCCOCCOCCOP(=O)(Cl)Cl)cc1. The maximum absolute atomic E-state index is 10.9. The van der Waals surface area contributed by atoms with E-state index in [1.165, 1.54) is 50.5 Å². The highest BCUT2D eigenvalue weighted by molar-refractivity contribution is 8.05. The van der Waals surface area contributed by atoms with E-state index in [4.69, 9.17) is 69.9 Å². The van der Waals surface area contributed by atoms with Crippen molar-refractivity contribution in [2.45, 2.75) is 58.3 Å². The zero-order valence-electron chi connectivity index (χ0n) is 30.2. The van der Waals surface area contributed by atoms with Gasteiger partial charge < -0.3 is 51.9 Å². The standard InChI is InChI=1S/C35H63Cl2O12P/c1-2-3-4-5-6-7-8-9-34-10-12-35(13-11-34)48-32-30-46-28-26-44-24-22-42-20-18-40-16-14-39-15-17-41-19-21-43-23-25-45-27-29-47-31-33-49-50(36,37)38/h10-13H,2-9,14-33H2,1H3. The number of ether oxygens (including phenoxy) is 10. The molecule has 0 spiro atoms. The second-order valence-corrected chi connectivity index (χ2v) is 15.4. The highest BCUT2D eigenvalue weighted by Gasteiger charge is 2.13. The van der Waals surface area contributed by atoms with E-state index < -0.39 is 6.07 Å². The molecule has 0 aromatic heterocycles. The van der Waals surface area contributed by atoms with Gasteiger partial charge in [-0.2, -0.15) is 0 Å². The van der Waals surface area contributed by atoms with Crippen molar-refractivity contribution in [1.82, 2.24) is 0 Å². The fourth-order valence-electron chi connectivity index (χ4n) is 4.32. The van der Waals surface area contributed by atoms with E-state index in [-0.39, 0.29) is 13.2 Å². The predicted octanol–water partition coefficient (Wildman–Crippen LogP) is 7.11. The van der Waals surface area contributed by atoms with Crippen molar-refractivity contribution in [3.05, 3.63) is 29.8 Å². The quantitative estimate of drug-likeness (QED) is 0.0499. The third-order valence-electron chi connectivity index (χ3n) is 6.93. The zero-order valence-corrected chi connectivity index (χ0v) is 32.6. The summed E-state index contributed by atoms with van der Waals surface area (Å²) in [6.07, 6.45) is 6.99. The molecule has 0 unspecified atom stereocenters. The third-order valence-corrected chi connectivity index (χ3v) is 8.00. The lowest BCUT2D eigenvalue weighted by Crippen LogP contribution is -2.15. The monoisotopic (exact) mass is 776 g/mol. The Morgan fingerprint density at radius 3 is 1.12 bits per heavy atom. The molecule has 15 heteroatoms. The maximum Gasteiger partial charge on any atom is 0.380 e. The van der Waals surface area contributed by atoms with Crippen molar-refractivity contribution in [2.75, 3.05) is 132 Å². The van der Waals surface area contributed by atoms with E-state index in [0.29, 0.717) is 119 Å². The molecule has 0 aliphatic heterocycles. The van der Waals surface area contributed by atoms with Crippen molar-refractivity contribution >= 4 is 28.6 Å². The molecule has 50 heavy (non-hydrogen) atoms. The molecule has 0 aliphatic rings. The van der Waals surface area contributed by atoms with Crippen LogP contribution >= 0.6 is 28.6 Å². The molecular weight excluding hydrogens is 714 g/mol. The Morgan fingerprint density at radius 1 is 0.440 bits per heavy atom. The number of benzene rings is 1. The van der Waals surface area contributed by atoms with Crippen LogP contribution in [0.2, 0.25) is 0 Å². The van der Waals surface area contributed by atoms with Gasteiger partial charge in [-0.15, -0.1) is 0 Å². The van der Waals surface area contributed by atoms with E-state index in [9.17, 15) is 4.57 Å². The average Bonchev–Trinajstić information content (AvgIpc) is 3.10. The number of halogens is 2. The Balaban J connectivity index is 1.70. The van der Waals surface area contributed by atoms with E-state index >= 15 is 0 Å². The summed E-state index contributed by atoms with van der Waals surface area (Å²) >= 11 is 10.5. The largest absolute Gasteiger partial charge is 0.491 e. The van der Waals surface area contributed by atoms with Gasteiger partial charge in [-0.25, -0.2) is 0 Å². The highest BCUT2D eigenvalue weighted by atomic mass is 35.9. The first kappa shape index (κ1) is 47.5. The predicted molar refractivity (Wildman–Crippen MR) is 196 cm³/mol. The normalized spacial score (nSPS) is 11.8. The van der Waals surface area contributed by atoms with Crippen LogP contribution in [0.5, 0.6) is 5.75 Å². The summed E-state index contributed by atoms with van der Waals surface area (Å²) < 4.78 is 70.4. The maximum atomic E-state index is 10.9. The minimum atomic E-state index is -3.49. The molecule has 0 aliphatic carbocycles. The van der Waals surface area contributed by atoms with Gasteiger partial charge in [-0.3, -0.25) is 4.57 Å². The van der Waals surface area contributed by atoms with Crippen LogP contribution in [0.3, 0.4) is 0 Å². The van der Waals surface area contributed by atoms with Gasteiger partial charge in [-0.1, -0.05) is 57.6 Å². The Bertz CT molecular complexity index is 882. The Labute approximate surface area is 310 Å². The van der Waals surface area contributed by atoms with Gasteiger partial charge in [0.1, 0.15) is 12.4 Å². The van der Waals surface area contributed by atoms with Gasteiger partial charge in [0.25, 0.3) is 0 Å². The molecule has 0 amide bonds. The minimum absolute atomic E-state index is 0.0601. The van der Waals surface area contributed by atoms with Crippen LogP contribution in [-0.4, -0.2) is 132 Å². The van der Waals surface area contributed by atoms with E-state index in [2.05, 4.69) is 23.6 Å². The number of unbranched alkanes of at least 4 members (excludes halogenated alkanes) is 6. The Kier molecular flexibility index (Phi) is 34.9. The molecule has 0 N–H and O–H groups in total. The molecule has 0 saturated heterocycles. The average molecular weight is 778 g/mol. The Hall–Kier alpha value is -0.570. The van der Waals surface area contributed by atoms with E-state index in [0.717, 1.165) is 12.2 Å². The van der Waals surface area contributed by atoms with Crippen molar-refractivity contribution in [3.63, 3.8) is 0 Å². The second kappa shape index (κ2) is 36.8. The summed E-state index contributed by atoms with van der Waals surface area (Å²) in [5.41, 5.74) is 1.38. The lowest BCUT2D eigenvalue weighted by atomic mass is 10.0. The van der Waals surface area contributed by atoms with Crippen LogP contribution in [0.4, 0.5) is 0 Å². The van der Waals surface area contributed by atoms with Gasteiger partial charge in [-0.05, 0) is 53.0 Å². The summed E-state index contributed by atoms with van der Waals surface area (Å²) in [4.78, 5) is 0. The van der Waals surface area contributed by atoms with Crippen molar-refractivity contribution in [3.8, 4) is 5.75 Å². The molecule has 0 radical (unpaired) electrons. The van der Waals surface area contributed by atoms with Gasteiger partial charge in [0, 0.05) is 0 Å². The fourth-order valence-corrected chi connectivity index (χ4v) is 5.02. The van der Waals surface area contributed by atoms with Gasteiger partial charge in [0.2, 0.25) is 0 Å². The highest BCUT2D eigenvalue weighted by Crippen LogP contribution is 2.57. The number of rotatable bonds is 40. The molecule has 1 aromatic rings. The summed E-state index contributed by atoms with van der Waals surface area (Å²) in [7, 11) is 0. The first-order chi connectivity index (χ1) is 24.5. The van der Waals surface area contributed by atoms with Crippen LogP contribution in [-0.2, 0) is 58.1 Å². The van der Waals surface area contributed by atoms with Gasteiger partial charge in [0.15, 0.2) is 0 Å². The summed E-state index contributed by atoms with van der Waals surface area (Å²) in [6, 6.07) is 8.43. The minimum Gasteiger partial charge on any atom is -0.491 e. The summed E-state index contributed by atoms with van der Waals surface area (Å²) in [5, 5.41) is 0. The van der Waals surface area contributed by atoms with Gasteiger partial charge in [0.05, 0.1) is 126 Å². The molecule has 0 saturated carbocycles. The van der Waals surface area contributed by atoms with E-state index in [1.54, 1.807) is 0 Å². The van der Waals surface area contributed by atoms with Crippen LogP contribution in [0.15, 0.2) is 24.3 Å². The van der Waals surface area contributed by atoms with E-state index in [1.807, 2.05) is 12.1 Å². The van der Waals surface area contributed by atoms with Crippen LogP contribution in [0.1, 0.15) is 57.4 Å². The van der Waals surface area contributed by atoms with Gasteiger partial charge >= 0.3 is 6.07 Å². The first-order valence-corrected chi connectivity index (χ1v) is 21.5. The fraction of sp³-hybridized carbons (Fsp3) is 0.829. The lowest BCUT2D eigenvalue weighted by molar-refractivity contribution is -0.0257. The van der Waals surface area contributed by atoms with Crippen molar-refractivity contribution < 1.29 is 56.5 Å². The first-order valence-electron chi connectivity index (χ1n) is 18.1. The van der Waals surface area contributed by atoms with Crippen LogP contribution in [0, 0.1) is 0 Å². The molecule has 0 bridgehead atoms. The molecule has 0 fully saturated rings. The van der Waals surface area contributed by atoms with Crippen molar-refractivity contribution in [1.29, 1.82) is 0 Å². The molecule has 1 aromatic carbocycles. The lowest BCUT2D eigenvalue weighted by Gasteiger charge is -2.09. The van der Waals surface area contributed by atoms with Crippen LogP contribution < -0.4 is 4.74 Å².